The van der Waals surface area contributed by atoms with Gasteiger partial charge in [0.25, 0.3) is 0 Å². The summed E-state index contributed by atoms with van der Waals surface area (Å²) in [6.07, 6.45) is 1.05. The fourth-order valence-corrected chi connectivity index (χ4v) is 1.98. The van der Waals surface area contributed by atoms with E-state index in [0.717, 1.165) is 22.3 Å². The number of imidazole rings is 1. The van der Waals surface area contributed by atoms with E-state index in [1.807, 2.05) is 0 Å². The lowest BCUT2D eigenvalue weighted by atomic mass is 10.1. The molecule has 1 aromatic heterocycles. The number of nitrogens with two attached hydrogens (primary N) is 1. The maximum atomic E-state index is 5.58. The highest BCUT2D eigenvalue weighted by molar-refractivity contribution is 9.10. The lowest BCUT2D eigenvalue weighted by molar-refractivity contribution is 1.14. The molecule has 15 heavy (non-hydrogen) atoms. The molecule has 0 amide bonds. The van der Waals surface area contributed by atoms with Crippen molar-refractivity contribution in [2.45, 2.75) is 13.3 Å². The molecule has 3 N–H and O–H groups in total. The first-order valence-electron chi connectivity index (χ1n) is 4.81. The summed E-state index contributed by atoms with van der Waals surface area (Å²) in [4.78, 5) is 7.13. The van der Waals surface area contributed by atoms with Gasteiger partial charge in [-0.3, -0.25) is 0 Å². The second-order valence-corrected chi connectivity index (χ2v) is 4.13. The minimum Gasteiger partial charge on any atom is -0.369 e. The molecule has 0 unspecified atom stereocenters. The standard InChI is InChI=1S/C11H12BrN3/c1-2-7-3-5-8(6-4-7)9-10(12)15-11(13)14-9/h3-6H,2H2,1H3,(H3,13,14,15). The quantitative estimate of drug-likeness (QED) is 0.877. The molecule has 0 bridgehead atoms. The van der Waals surface area contributed by atoms with E-state index < -0.39 is 0 Å². The van der Waals surface area contributed by atoms with E-state index in [0.29, 0.717) is 5.95 Å². The van der Waals surface area contributed by atoms with Crippen molar-refractivity contribution in [1.29, 1.82) is 0 Å². The third-order valence-electron chi connectivity index (χ3n) is 2.31. The van der Waals surface area contributed by atoms with E-state index in [1.54, 1.807) is 0 Å². The highest BCUT2D eigenvalue weighted by Gasteiger charge is 2.07. The van der Waals surface area contributed by atoms with Crippen molar-refractivity contribution in [3.63, 3.8) is 0 Å². The van der Waals surface area contributed by atoms with Gasteiger partial charge in [-0.15, -0.1) is 0 Å². The third-order valence-corrected chi connectivity index (χ3v) is 2.89. The average Bonchev–Trinajstić information content (AvgIpc) is 2.58. The molecule has 0 atom stereocenters. The fraction of sp³-hybridized carbons (Fsp3) is 0.182. The second kappa shape index (κ2) is 4.06. The van der Waals surface area contributed by atoms with Gasteiger partial charge < -0.3 is 10.7 Å². The molecule has 2 aromatic rings. The molecule has 1 heterocycles. The first kappa shape index (κ1) is 10.2. The van der Waals surface area contributed by atoms with Crippen molar-refractivity contribution < 1.29 is 0 Å². The monoisotopic (exact) mass is 265 g/mol. The summed E-state index contributed by atoms with van der Waals surface area (Å²) in [5.41, 5.74) is 8.81. The zero-order valence-corrected chi connectivity index (χ0v) is 10.0. The van der Waals surface area contributed by atoms with Crippen LogP contribution in [-0.4, -0.2) is 9.97 Å². The zero-order chi connectivity index (χ0) is 10.8. The summed E-state index contributed by atoms with van der Waals surface area (Å²) in [5.74, 6) is 0.427. The van der Waals surface area contributed by atoms with Gasteiger partial charge in [0.05, 0.1) is 0 Å². The molecular formula is C11H12BrN3. The van der Waals surface area contributed by atoms with E-state index >= 15 is 0 Å². The van der Waals surface area contributed by atoms with Gasteiger partial charge in [-0.05, 0) is 27.9 Å². The minimum atomic E-state index is 0.427. The highest BCUT2D eigenvalue weighted by Crippen LogP contribution is 2.26. The molecule has 0 radical (unpaired) electrons. The Hall–Kier alpha value is -1.29. The minimum absolute atomic E-state index is 0.427. The number of H-pyrrole nitrogens is 1. The van der Waals surface area contributed by atoms with Crippen LogP contribution < -0.4 is 5.73 Å². The zero-order valence-electron chi connectivity index (χ0n) is 8.42. The van der Waals surface area contributed by atoms with E-state index in [2.05, 4.69) is 57.1 Å². The number of hydrogen-bond donors (Lipinski definition) is 2. The van der Waals surface area contributed by atoms with Crippen LogP contribution in [0.5, 0.6) is 0 Å². The van der Waals surface area contributed by atoms with Crippen LogP contribution in [0.3, 0.4) is 0 Å². The third kappa shape index (κ3) is 2.04. The predicted molar refractivity (Wildman–Crippen MR) is 65.5 cm³/mol. The van der Waals surface area contributed by atoms with Gasteiger partial charge in [-0.2, -0.15) is 0 Å². The Morgan fingerprint density at radius 3 is 2.47 bits per heavy atom. The van der Waals surface area contributed by atoms with Crippen LogP contribution in [0.15, 0.2) is 28.9 Å². The van der Waals surface area contributed by atoms with Gasteiger partial charge >= 0.3 is 0 Å². The number of rotatable bonds is 2. The smallest absolute Gasteiger partial charge is 0.198 e. The van der Waals surface area contributed by atoms with Crippen molar-refractivity contribution in [3.05, 3.63) is 34.4 Å². The molecule has 0 aliphatic rings. The van der Waals surface area contributed by atoms with Crippen LogP contribution in [-0.2, 0) is 6.42 Å². The van der Waals surface area contributed by atoms with Gasteiger partial charge in [0, 0.05) is 5.56 Å². The van der Waals surface area contributed by atoms with Gasteiger partial charge in [0.1, 0.15) is 10.3 Å². The number of nitrogens with zero attached hydrogens (tertiary/aromatic N) is 1. The molecule has 0 saturated heterocycles. The normalized spacial score (nSPS) is 10.5. The van der Waals surface area contributed by atoms with Crippen molar-refractivity contribution in [2.75, 3.05) is 5.73 Å². The summed E-state index contributed by atoms with van der Waals surface area (Å²) in [5, 5.41) is 0. The molecule has 0 fully saturated rings. The Morgan fingerprint density at radius 1 is 1.33 bits per heavy atom. The Balaban J connectivity index is 2.41. The topological polar surface area (TPSA) is 54.7 Å². The van der Waals surface area contributed by atoms with E-state index in [-0.39, 0.29) is 0 Å². The summed E-state index contributed by atoms with van der Waals surface area (Å²) in [6.45, 7) is 2.14. The molecule has 78 valence electrons. The van der Waals surface area contributed by atoms with Gasteiger partial charge in [-0.1, -0.05) is 31.2 Å². The van der Waals surface area contributed by atoms with Gasteiger partial charge in [0.15, 0.2) is 5.95 Å². The number of benzene rings is 1. The predicted octanol–water partition coefficient (Wildman–Crippen LogP) is 2.98. The molecular weight excluding hydrogens is 254 g/mol. The van der Waals surface area contributed by atoms with Crippen LogP contribution >= 0.6 is 15.9 Å². The largest absolute Gasteiger partial charge is 0.369 e. The Morgan fingerprint density at radius 2 is 2.00 bits per heavy atom. The van der Waals surface area contributed by atoms with Crippen LogP contribution in [0.2, 0.25) is 0 Å². The highest BCUT2D eigenvalue weighted by atomic mass is 79.9. The van der Waals surface area contributed by atoms with Gasteiger partial charge in [-0.25, -0.2) is 4.98 Å². The number of aryl methyl sites for hydroxylation is 1. The summed E-state index contributed by atoms with van der Waals surface area (Å²) < 4.78 is 0.823. The number of halogens is 1. The van der Waals surface area contributed by atoms with Gasteiger partial charge in [0.2, 0.25) is 0 Å². The molecule has 3 nitrogen and oxygen atoms in total. The van der Waals surface area contributed by atoms with Crippen LogP contribution in [0.4, 0.5) is 5.95 Å². The number of nitrogen functional groups attached to an aromatic ring is 1. The molecule has 0 aliphatic carbocycles. The molecule has 2 rings (SSSR count). The number of hydrogen-bond acceptors (Lipinski definition) is 2. The second-order valence-electron chi connectivity index (χ2n) is 3.34. The van der Waals surface area contributed by atoms with Crippen molar-refractivity contribution in [3.8, 4) is 11.3 Å². The lowest BCUT2D eigenvalue weighted by Gasteiger charge is -1.99. The Bertz CT molecular complexity index is 459. The summed E-state index contributed by atoms with van der Waals surface area (Å²) in [6, 6.07) is 8.32. The van der Waals surface area contributed by atoms with E-state index in [9.17, 15) is 0 Å². The summed E-state index contributed by atoms with van der Waals surface area (Å²) >= 11 is 3.39. The lowest BCUT2D eigenvalue weighted by Crippen LogP contribution is -1.86. The maximum Gasteiger partial charge on any atom is 0.198 e. The van der Waals surface area contributed by atoms with Crippen molar-refractivity contribution in [2.24, 2.45) is 0 Å². The number of aromatic nitrogens is 2. The Labute approximate surface area is 96.9 Å². The maximum absolute atomic E-state index is 5.58. The Kier molecular flexibility index (Phi) is 2.77. The van der Waals surface area contributed by atoms with Crippen LogP contribution in [0, 0.1) is 0 Å². The number of anilines is 1. The molecule has 0 saturated carbocycles. The fourth-order valence-electron chi connectivity index (χ4n) is 1.46. The first-order chi connectivity index (χ1) is 7.20. The first-order valence-corrected chi connectivity index (χ1v) is 5.60. The molecule has 4 heteroatoms. The van der Waals surface area contributed by atoms with E-state index in [1.165, 1.54) is 5.56 Å². The van der Waals surface area contributed by atoms with E-state index in [4.69, 9.17) is 5.73 Å². The SMILES string of the molecule is CCc1ccc(-c2nc(N)[nH]c2Br)cc1. The molecule has 1 aromatic carbocycles. The average molecular weight is 266 g/mol. The van der Waals surface area contributed by atoms with Crippen LogP contribution in [0.1, 0.15) is 12.5 Å². The molecule has 0 spiro atoms. The number of nitrogens with one attached hydrogen (secondary N) is 1. The van der Waals surface area contributed by atoms with Crippen molar-refractivity contribution in [1.82, 2.24) is 9.97 Å². The van der Waals surface area contributed by atoms with Crippen LogP contribution in [0.25, 0.3) is 11.3 Å². The number of aromatic amines is 1. The summed E-state index contributed by atoms with van der Waals surface area (Å²) in [7, 11) is 0. The molecule has 0 aliphatic heterocycles. The van der Waals surface area contributed by atoms with Crippen molar-refractivity contribution >= 4 is 21.9 Å².